The van der Waals surface area contributed by atoms with Crippen molar-refractivity contribution in [2.45, 2.75) is 13.0 Å². The van der Waals surface area contributed by atoms with Gasteiger partial charge in [-0.3, -0.25) is 14.5 Å². The van der Waals surface area contributed by atoms with E-state index in [0.29, 0.717) is 22.3 Å². The number of likely N-dealkylation sites (N-methyl/N-ethyl adjacent to an activating group) is 1. The molecular weight excluding hydrogens is 446 g/mol. The van der Waals surface area contributed by atoms with E-state index < -0.39 is 11.9 Å². The van der Waals surface area contributed by atoms with E-state index in [1.165, 1.54) is 11.1 Å². The molecule has 0 aliphatic carbocycles. The van der Waals surface area contributed by atoms with Gasteiger partial charge in [-0.2, -0.15) is 0 Å². The van der Waals surface area contributed by atoms with Crippen LogP contribution >= 0.6 is 11.6 Å². The van der Waals surface area contributed by atoms with Gasteiger partial charge in [-0.25, -0.2) is 19.9 Å². The zero-order valence-corrected chi connectivity index (χ0v) is 18.4. The second kappa shape index (κ2) is 8.14. The molecule has 1 unspecified atom stereocenters. The smallest absolute Gasteiger partial charge is 0.289 e. The fraction of sp³-hybridized carbons (Fsp3) is 0.182. The lowest BCUT2D eigenvalue weighted by atomic mass is 10.1. The van der Waals surface area contributed by atoms with E-state index >= 15 is 0 Å². The van der Waals surface area contributed by atoms with Crippen molar-refractivity contribution in [2.24, 2.45) is 0 Å². The maximum Gasteiger partial charge on any atom is 0.289 e. The molecule has 0 aromatic carbocycles. The van der Waals surface area contributed by atoms with Gasteiger partial charge in [0.15, 0.2) is 11.6 Å². The van der Waals surface area contributed by atoms with E-state index in [1.807, 2.05) is 29.7 Å². The fourth-order valence-electron chi connectivity index (χ4n) is 3.58. The third-order valence-corrected chi connectivity index (χ3v) is 5.52. The highest BCUT2D eigenvalue weighted by molar-refractivity contribution is 6.30. The van der Waals surface area contributed by atoms with E-state index in [-0.39, 0.29) is 18.3 Å². The van der Waals surface area contributed by atoms with Crippen LogP contribution in [0.3, 0.4) is 0 Å². The Labute approximate surface area is 193 Å². The van der Waals surface area contributed by atoms with Crippen LogP contribution in [0.2, 0.25) is 5.02 Å². The number of imidazole rings is 1. The zero-order chi connectivity index (χ0) is 23.1. The van der Waals surface area contributed by atoms with Crippen molar-refractivity contribution >= 4 is 34.7 Å². The Balaban J connectivity index is 1.40. The van der Waals surface area contributed by atoms with Crippen LogP contribution in [-0.2, 0) is 4.79 Å². The van der Waals surface area contributed by atoms with Crippen molar-refractivity contribution in [2.75, 3.05) is 18.6 Å². The molecule has 1 aliphatic rings. The van der Waals surface area contributed by atoms with Crippen LogP contribution in [0.15, 0.2) is 49.3 Å². The molecule has 5 rings (SSSR count). The third-order valence-electron chi connectivity index (χ3n) is 5.31. The molecule has 0 bridgehead atoms. The van der Waals surface area contributed by atoms with Crippen molar-refractivity contribution < 1.29 is 14.3 Å². The Morgan fingerprint density at radius 3 is 2.94 bits per heavy atom. The maximum atomic E-state index is 13.0. The number of amides is 2. The van der Waals surface area contributed by atoms with Crippen molar-refractivity contribution in [3.8, 4) is 17.0 Å². The first kappa shape index (κ1) is 20.8. The highest BCUT2D eigenvalue weighted by Gasteiger charge is 2.32. The first-order valence-corrected chi connectivity index (χ1v) is 10.4. The minimum Gasteiger partial charge on any atom is -0.487 e. The van der Waals surface area contributed by atoms with Gasteiger partial charge in [-0.15, -0.1) is 0 Å². The molecule has 4 aromatic rings. The van der Waals surface area contributed by atoms with Crippen LogP contribution in [0.1, 0.15) is 16.2 Å². The summed E-state index contributed by atoms with van der Waals surface area (Å²) >= 11 is 5.98. The number of pyridine rings is 2. The van der Waals surface area contributed by atoms with Gasteiger partial charge in [0.1, 0.15) is 12.6 Å². The number of hydrogen-bond acceptors (Lipinski definition) is 7. The topological polar surface area (TPSA) is 115 Å². The summed E-state index contributed by atoms with van der Waals surface area (Å²) in [5.41, 5.74) is 3.16. The Hall–Kier alpha value is -4.05. The molecule has 166 valence electrons. The highest BCUT2D eigenvalue weighted by Crippen LogP contribution is 2.30. The van der Waals surface area contributed by atoms with Crippen LogP contribution < -0.4 is 15.0 Å². The molecular formula is C22H18ClN7O3. The van der Waals surface area contributed by atoms with E-state index in [0.717, 1.165) is 16.6 Å². The van der Waals surface area contributed by atoms with Gasteiger partial charge in [0.05, 0.1) is 28.8 Å². The van der Waals surface area contributed by atoms with Crippen LogP contribution in [0.4, 0.5) is 5.82 Å². The van der Waals surface area contributed by atoms with Crippen molar-refractivity contribution in [1.29, 1.82) is 0 Å². The molecule has 10 nitrogen and oxygen atoms in total. The molecule has 0 spiro atoms. The van der Waals surface area contributed by atoms with Gasteiger partial charge in [0, 0.05) is 37.3 Å². The summed E-state index contributed by atoms with van der Waals surface area (Å²) in [6.07, 6.45) is 8.33. The Morgan fingerprint density at radius 1 is 1.24 bits per heavy atom. The van der Waals surface area contributed by atoms with Gasteiger partial charge < -0.3 is 14.5 Å². The maximum absolute atomic E-state index is 13.0. The SMILES string of the molecule is Cc1cnc(C(=O)NC2COc3cc(Cl)cnc3N(C)C2=O)nc1-c1ccc2cncn2c1. The number of carbonyl (C=O) groups excluding carboxylic acids is 2. The van der Waals surface area contributed by atoms with Crippen molar-refractivity contribution in [3.63, 3.8) is 0 Å². The van der Waals surface area contributed by atoms with Crippen LogP contribution in [0.5, 0.6) is 5.75 Å². The molecule has 33 heavy (non-hydrogen) atoms. The highest BCUT2D eigenvalue weighted by atomic mass is 35.5. The predicted octanol–water partition coefficient (Wildman–Crippen LogP) is 2.30. The summed E-state index contributed by atoms with van der Waals surface area (Å²) in [5.74, 6) is -0.342. The number of fused-ring (bicyclic) bond motifs is 2. The summed E-state index contributed by atoms with van der Waals surface area (Å²) in [7, 11) is 1.56. The van der Waals surface area contributed by atoms with Gasteiger partial charge in [0.2, 0.25) is 5.82 Å². The largest absolute Gasteiger partial charge is 0.487 e. The number of hydrogen-bond donors (Lipinski definition) is 1. The summed E-state index contributed by atoms with van der Waals surface area (Å²) in [4.78, 5) is 44.1. The third kappa shape index (κ3) is 3.85. The summed E-state index contributed by atoms with van der Waals surface area (Å²) < 4.78 is 7.56. The summed E-state index contributed by atoms with van der Waals surface area (Å²) in [6, 6.07) is 4.44. The number of carbonyl (C=O) groups is 2. The standard InChI is InChI=1S/C22H18ClN7O3/c1-12-6-25-19(28-18(12)13-3-4-15-8-24-11-30(15)9-13)21(31)27-16-10-33-17-5-14(23)7-26-20(17)29(2)22(16)32/h3-9,11,16H,10H2,1-2H3,(H,27,31). The van der Waals surface area contributed by atoms with Gasteiger partial charge in [0.25, 0.3) is 11.8 Å². The van der Waals surface area contributed by atoms with E-state index in [1.54, 1.807) is 31.8 Å². The number of ether oxygens (including phenoxy) is 1. The van der Waals surface area contributed by atoms with Crippen LogP contribution in [0, 0.1) is 6.92 Å². The minimum atomic E-state index is -0.953. The average Bonchev–Trinajstić information content (AvgIpc) is 3.25. The Bertz CT molecular complexity index is 1400. The summed E-state index contributed by atoms with van der Waals surface area (Å²) in [6.45, 7) is 1.78. The number of halogens is 1. The van der Waals surface area contributed by atoms with Gasteiger partial charge in [-0.1, -0.05) is 11.6 Å². The van der Waals surface area contributed by atoms with Gasteiger partial charge in [-0.05, 0) is 24.6 Å². The number of aryl methyl sites for hydroxylation is 1. The number of aromatic nitrogens is 5. The summed E-state index contributed by atoms with van der Waals surface area (Å²) in [5, 5.41) is 3.05. The van der Waals surface area contributed by atoms with Gasteiger partial charge >= 0.3 is 0 Å². The molecule has 11 heteroatoms. The quantitative estimate of drug-likeness (QED) is 0.495. The number of nitrogens with zero attached hydrogens (tertiary/aromatic N) is 6. The molecule has 1 atom stereocenters. The monoisotopic (exact) mass is 463 g/mol. The zero-order valence-electron chi connectivity index (χ0n) is 17.7. The first-order chi connectivity index (χ1) is 15.9. The second-order valence-electron chi connectivity index (χ2n) is 7.58. The van der Waals surface area contributed by atoms with Crippen molar-refractivity contribution in [1.82, 2.24) is 29.7 Å². The normalized spacial score (nSPS) is 15.7. The van der Waals surface area contributed by atoms with E-state index in [9.17, 15) is 9.59 Å². The molecule has 1 N–H and O–H groups in total. The Kier molecular flexibility index (Phi) is 5.14. The molecule has 0 saturated carbocycles. The molecule has 0 radical (unpaired) electrons. The average molecular weight is 464 g/mol. The predicted molar refractivity (Wildman–Crippen MR) is 120 cm³/mol. The molecule has 1 aliphatic heterocycles. The fourth-order valence-corrected chi connectivity index (χ4v) is 3.73. The molecule has 4 aromatic heterocycles. The lowest BCUT2D eigenvalue weighted by Crippen LogP contribution is -2.49. The van der Waals surface area contributed by atoms with E-state index in [2.05, 4.69) is 25.3 Å². The lowest BCUT2D eigenvalue weighted by molar-refractivity contribution is -0.120. The number of rotatable bonds is 3. The Morgan fingerprint density at radius 2 is 2.09 bits per heavy atom. The lowest BCUT2D eigenvalue weighted by Gasteiger charge is -2.19. The van der Waals surface area contributed by atoms with Crippen LogP contribution in [-0.4, -0.2) is 55.8 Å². The number of nitrogens with one attached hydrogen (secondary N) is 1. The van der Waals surface area contributed by atoms with Crippen molar-refractivity contribution in [3.05, 3.63) is 65.7 Å². The van der Waals surface area contributed by atoms with E-state index in [4.69, 9.17) is 16.3 Å². The molecule has 5 heterocycles. The minimum absolute atomic E-state index is 0.0558. The molecule has 0 fully saturated rings. The molecule has 2 amide bonds. The molecule has 0 saturated heterocycles. The second-order valence-corrected chi connectivity index (χ2v) is 8.01. The first-order valence-electron chi connectivity index (χ1n) is 10.0. The number of anilines is 1. The van der Waals surface area contributed by atoms with Crippen LogP contribution in [0.25, 0.3) is 16.8 Å².